The van der Waals surface area contributed by atoms with Crippen LogP contribution in [0.25, 0.3) is 0 Å². The number of allylic oxidation sites excluding steroid dienone is 1. The van der Waals surface area contributed by atoms with Crippen molar-refractivity contribution in [3.8, 4) is 0 Å². The lowest BCUT2D eigenvalue weighted by Gasteiger charge is -2.34. The molecule has 4 unspecified atom stereocenters. The third-order valence-electron chi connectivity index (χ3n) is 3.17. The van der Waals surface area contributed by atoms with Gasteiger partial charge in [-0.25, -0.2) is 8.78 Å². The Morgan fingerprint density at radius 2 is 1.61 bits per heavy atom. The van der Waals surface area contributed by atoms with Crippen LogP contribution in [0, 0.1) is 11.8 Å². The Morgan fingerprint density at radius 1 is 1.11 bits per heavy atom. The molecule has 1 saturated carbocycles. The maximum Gasteiger partial charge on any atom is 0.309 e. The molecule has 0 amide bonds. The van der Waals surface area contributed by atoms with Crippen molar-refractivity contribution in [1.29, 1.82) is 0 Å². The van der Waals surface area contributed by atoms with Crippen molar-refractivity contribution in [2.75, 3.05) is 13.2 Å². The first-order chi connectivity index (χ1) is 8.51. The van der Waals surface area contributed by atoms with Crippen molar-refractivity contribution in [2.45, 2.75) is 39.0 Å². The number of halogens is 2. The van der Waals surface area contributed by atoms with E-state index < -0.39 is 30.1 Å². The molecule has 0 spiro atoms. The minimum Gasteiger partial charge on any atom is -0.499 e. The van der Waals surface area contributed by atoms with Gasteiger partial charge in [-0.3, -0.25) is 4.79 Å². The molecule has 4 atom stereocenters. The fourth-order valence-electron chi connectivity index (χ4n) is 2.27. The molecular weight excluding hydrogens is 242 g/mol. The summed E-state index contributed by atoms with van der Waals surface area (Å²) in [7, 11) is 0. The number of ether oxygens (including phenoxy) is 2. The van der Waals surface area contributed by atoms with Gasteiger partial charge in [0.15, 0.2) is 0 Å². The van der Waals surface area contributed by atoms with Crippen LogP contribution in [0.15, 0.2) is 12.3 Å². The maximum absolute atomic E-state index is 13.4. The van der Waals surface area contributed by atoms with Crippen LogP contribution in [0.4, 0.5) is 8.78 Å². The third kappa shape index (κ3) is 3.43. The monoisotopic (exact) mass is 262 g/mol. The Bertz CT molecular complexity index is 277. The van der Waals surface area contributed by atoms with Gasteiger partial charge in [-0.05, 0) is 26.7 Å². The number of carbonyl (C=O) groups is 1. The van der Waals surface area contributed by atoms with Crippen LogP contribution in [-0.4, -0.2) is 31.5 Å². The van der Waals surface area contributed by atoms with Crippen LogP contribution in [-0.2, 0) is 14.3 Å². The molecule has 1 aliphatic rings. The van der Waals surface area contributed by atoms with E-state index in [-0.39, 0.29) is 19.4 Å². The highest BCUT2D eigenvalue weighted by molar-refractivity contribution is 5.73. The number of alkyl halides is 2. The molecule has 0 aromatic heterocycles. The summed E-state index contributed by atoms with van der Waals surface area (Å²) in [4.78, 5) is 11.8. The van der Waals surface area contributed by atoms with Gasteiger partial charge in [-0.15, -0.1) is 0 Å². The lowest BCUT2D eigenvalue weighted by Crippen LogP contribution is -2.40. The molecule has 5 heteroatoms. The van der Waals surface area contributed by atoms with Gasteiger partial charge in [0.2, 0.25) is 0 Å². The van der Waals surface area contributed by atoms with Crippen LogP contribution in [0.2, 0.25) is 0 Å². The van der Waals surface area contributed by atoms with Crippen molar-refractivity contribution in [3.63, 3.8) is 0 Å². The number of esters is 1. The average Bonchev–Trinajstić information content (AvgIpc) is 2.32. The topological polar surface area (TPSA) is 35.5 Å². The fourth-order valence-corrected chi connectivity index (χ4v) is 2.27. The van der Waals surface area contributed by atoms with Gasteiger partial charge in [-0.2, -0.15) is 0 Å². The quantitative estimate of drug-likeness (QED) is 0.564. The Kier molecular flexibility index (Phi) is 5.56. The molecule has 0 saturated heterocycles. The molecular formula is C13H20F2O3. The number of hydrogen-bond acceptors (Lipinski definition) is 3. The predicted molar refractivity (Wildman–Crippen MR) is 63.4 cm³/mol. The zero-order valence-corrected chi connectivity index (χ0v) is 10.8. The third-order valence-corrected chi connectivity index (χ3v) is 3.17. The Morgan fingerprint density at radius 3 is 2.11 bits per heavy atom. The van der Waals surface area contributed by atoms with Gasteiger partial charge >= 0.3 is 5.97 Å². The highest BCUT2D eigenvalue weighted by Crippen LogP contribution is 2.38. The van der Waals surface area contributed by atoms with E-state index in [1.54, 1.807) is 13.8 Å². The molecule has 0 aromatic carbocycles. The summed E-state index contributed by atoms with van der Waals surface area (Å²) in [6, 6.07) is 0. The predicted octanol–water partition coefficient (Wildman–Crippen LogP) is 2.80. The fraction of sp³-hybridized carbons (Fsp3) is 0.769. The Balaban J connectivity index is 2.80. The van der Waals surface area contributed by atoms with Crippen LogP contribution in [0.1, 0.15) is 26.7 Å². The highest BCUT2D eigenvalue weighted by Gasteiger charge is 2.43. The molecule has 18 heavy (non-hydrogen) atoms. The Labute approximate surface area is 106 Å². The van der Waals surface area contributed by atoms with E-state index in [0.29, 0.717) is 12.4 Å². The summed E-state index contributed by atoms with van der Waals surface area (Å²) in [6.07, 6.45) is -3.44. The number of hydrogen-bond donors (Lipinski definition) is 0. The molecule has 1 rings (SSSR count). The van der Waals surface area contributed by atoms with Crippen molar-refractivity contribution in [1.82, 2.24) is 0 Å². The average molecular weight is 262 g/mol. The first-order valence-electron chi connectivity index (χ1n) is 6.27. The van der Waals surface area contributed by atoms with Gasteiger partial charge in [-0.1, -0.05) is 6.58 Å². The Hall–Kier alpha value is -1.13. The maximum atomic E-state index is 13.4. The van der Waals surface area contributed by atoms with E-state index in [2.05, 4.69) is 6.58 Å². The zero-order chi connectivity index (χ0) is 13.7. The van der Waals surface area contributed by atoms with E-state index >= 15 is 0 Å². The van der Waals surface area contributed by atoms with Crippen LogP contribution in [0.3, 0.4) is 0 Å². The molecule has 1 aliphatic carbocycles. The summed E-state index contributed by atoms with van der Waals surface area (Å²) >= 11 is 0. The largest absolute Gasteiger partial charge is 0.499 e. The van der Waals surface area contributed by atoms with Crippen molar-refractivity contribution < 1.29 is 23.0 Å². The minimum atomic E-state index is -1.62. The van der Waals surface area contributed by atoms with Crippen LogP contribution in [0.5, 0.6) is 0 Å². The number of carbonyl (C=O) groups excluding carboxylic acids is 1. The molecule has 3 nitrogen and oxygen atoms in total. The van der Waals surface area contributed by atoms with E-state index in [0.717, 1.165) is 0 Å². The highest BCUT2D eigenvalue weighted by atomic mass is 19.2. The van der Waals surface area contributed by atoms with Gasteiger partial charge in [0.1, 0.15) is 12.3 Å². The summed E-state index contributed by atoms with van der Waals surface area (Å²) in [5.41, 5.74) is 0. The molecule has 0 aromatic rings. The molecule has 1 fully saturated rings. The first-order valence-corrected chi connectivity index (χ1v) is 6.27. The van der Waals surface area contributed by atoms with E-state index in [9.17, 15) is 13.6 Å². The van der Waals surface area contributed by atoms with Crippen LogP contribution >= 0.6 is 0 Å². The molecule has 0 aliphatic heterocycles. The van der Waals surface area contributed by atoms with E-state index in [1.807, 2.05) is 0 Å². The first kappa shape index (κ1) is 14.9. The second-order valence-corrected chi connectivity index (χ2v) is 4.37. The summed E-state index contributed by atoms with van der Waals surface area (Å²) in [5.74, 6) is -1.37. The van der Waals surface area contributed by atoms with E-state index in [4.69, 9.17) is 9.47 Å². The molecule has 104 valence electrons. The normalized spacial score (nSPS) is 31.8. The summed E-state index contributed by atoms with van der Waals surface area (Å²) in [5, 5.41) is 0. The van der Waals surface area contributed by atoms with Gasteiger partial charge in [0, 0.05) is 5.92 Å². The van der Waals surface area contributed by atoms with Crippen molar-refractivity contribution in [2.24, 2.45) is 11.8 Å². The number of rotatable bonds is 5. The summed E-state index contributed by atoms with van der Waals surface area (Å²) < 4.78 is 37.0. The SMILES string of the molecule is C=C(OCC)C1CC(F)C(F)CC1C(=O)OCC. The minimum absolute atomic E-state index is 0.0799. The second kappa shape index (κ2) is 6.71. The molecule has 0 heterocycles. The standard InChI is InChI=1S/C13H20F2O3/c1-4-17-8(3)9-6-11(14)12(15)7-10(9)13(16)18-5-2/h9-12H,3-7H2,1-2H3. The van der Waals surface area contributed by atoms with Crippen molar-refractivity contribution >= 4 is 5.97 Å². The molecule has 0 radical (unpaired) electrons. The van der Waals surface area contributed by atoms with E-state index in [1.165, 1.54) is 0 Å². The van der Waals surface area contributed by atoms with Gasteiger partial charge in [0.05, 0.1) is 24.9 Å². The molecule has 0 bridgehead atoms. The summed E-state index contributed by atoms with van der Waals surface area (Å²) in [6.45, 7) is 7.77. The lowest BCUT2D eigenvalue weighted by atomic mass is 9.76. The second-order valence-electron chi connectivity index (χ2n) is 4.37. The molecule has 0 N–H and O–H groups in total. The zero-order valence-electron chi connectivity index (χ0n) is 10.8. The smallest absolute Gasteiger partial charge is 0.309 e. The van der Waals surface area contributed by atoms with Crippen molar-refractivity contribution in [3.05, 3.63) is 12.3 Å². The van der Waals surface area contributed by atoms with Crippen LogP contribution < -0.4 is 0 Å². The lowest BCUT2D eigenvalue weighted by molar-refractivity contribution is -0.153. The van der Waals surface area contributed by atoms with Gasteiger partial charge < -0.3 is 9.47 Å². The van der Waals surface area contributed by atoms with Gasteiger partial charge in [0.25, 0.3) is 0 Å².